The fourth-order valence-electron chi connectivity index (χ4n) is 0.844. The van der Waals surface area contributed by atoms with Crippen LogP contribution < -0.4 is 4.52 Å². The molecule has 0 saturated carbocycles. The molecule has 0 aliphatic rings. The summed E-state index contributed by atoms with van der Waals surface area (Å²) in [5, 5.41) is 0.940. The number of halogens is 3. The molecular weight excluding hydrogens is 342 g/mol. The Labute approximate surface area is 125 Å². The molecule has 1 aromatic carbocycles. The molecule has 0 atom stereocenters. The molecule has 17 heavy (non-hydrogen) atoms. The molecule has 0 N–H and O–H groups in total. The first-order chi connectivity index (χ1) is 7.41. The topological polar surface area (TPSA) is 27.7 Å². The molecular formula is C8H8Cl3O3PSSi. The van der Waals surface area contributed by atoms with Gasteiger partial charge in [-0.3, -0.25) is 0 Å². The van der Waals surface area contributed by atoms with Gasteiger partial charge in [0.1, 0.15) is 5.75 Å². The highest BCUT2D eigenvalue weighted by molar-refractivity contribution is 8.07. The first kappa shape index (κ1) is 17.7. The van der Waals surface area contributed by atoms with Crippen molar-refractivity contribution in [3.8, 4) is 5.75 Å². The van der Waals surface area contributed by atoms with Gasteiger partial charge in [0, 0.05) is 43.1 Å². The standard InChI is InChI=1S/C8H8Cl3O3PS.Si/c1-12-15(16,13-2)14-8-4-6(10)5(9)3-7(8)11;/h3-4H,1-2H3;. The van der Waals surface area contributed by atoms with Gasteiger partial charge >= 0.3 is 6.72 Å². The Morgan fingerprint density at radius 3 is 1.94 bits per heavy atom. The summed E-state index contributed by atoms with van der Waals surface area (Å²) in [6, 6.07) is 2.93. The van der Waals surface area contributed by atoms with Crippen LogP contribution in [-0.4, -0.2) is 25.2 Å². The van der Waals surface area contributed by atoms with Crippen LogP contribution in [-0.2, 0) is 20.9 Å². The third kappa shape index (κ3) is 4.69. The summed E-state index contributed by atoms with van der Waals surface area (Å²) in [6.45, 7) is -2.82. The molecule has 94 valence electrons. The molecule has 9 heteroatoms. The molecule has 0 spiro atoms. The van der Waals surface area contributed by atoms with Crippen LogP contribution in [0.4, 0.5) is 0 Å². The number of hydrogen-bond donors (Lipinski definition) is 0. The molecule has 0 aliphatic carbocycles. The SMILES string of the molecule is COP(=S)(OC)Oc1cc(Cl)c(Cl)cc1Cl.[Si]. The first-order valence-electron chi connectivity index (χ1n) is 3.97. The van der Waals surface area contributed by atoms with Crippen LogP contribution in [0.5, 0.6) is 5.75 Å². The highest BCUT2D eigenvalue weighted by Crippen LogP contribution is 2.50. The highest BCUT2D eigenvalue weighted by atomic mass is 35.5. The number of benzene rings is 1. The summed E-state index contributed by atoms with van der Waals surface area (Å²) in [6.07, 6.45) is 0. The van der Waals surface area contributed by atoms with Crippen LogP contribution in [0.3, 0.4) is 0 Å². The van der Waals surface area contributed by atoms with Gasteiger partial charge in [-0.15, -0.1) is 0 Å². The molecule has 0 amide bonds. The van der Waals surface area contributed by atoms with Crippen molar-refractivity contribution in [2.45, 2.75) is 0 Å². The molecule has 0 heterocycles. The minimum atomic E-state index is -2.82. The van der Waals surface area contributed by atoms with Crippen LogP contribution in [0, 0.1) is 0 Å². The summed E-state index contributed by atoms with van der Waals surface area (Å²) in [4.78, 5) is 0. The van der Waals surface area contributed by atoms with Crippen LogP contribution in [0.1, 0.15) is 0 Å². The lowest BCUT2D eigenvalue weighted by Crippen LogP contribution is -1.97. The molecule has 0 aromatic heterocycles. The molecule has 3 nitrogen and oxygen atoms in total. The fraction of sp³-hybridized carbons (Fsp3) is 0.250. The second-order valence-corrected chi connectivity index (χ2v) is 6.97. The highest BCUT2D eigenvalue weighted by Gasteiger charge is 2.20. The Morgan fingerprint density at radius 1 is 1.00 bits per heavy atom. The van der Waals surface area contributed by atoms with E-state index in [0.29, 0.717) is 10.0 Å². The lowest BCUT2D eigenvalue weighted by Gasteiger charge is -2.19. The summed E-state index contributed by atoms with van der Waals surface area (Å²) in [5.41, 5.74) is 0. The van der Waals surface area contributed by atoms with Gasteiger partial charge in [-0.1, -0.05) is 34.8 Å². The van der Waals surface area contributed by atoms with Crippen LogP contribution in [0.2, 0.25) is 15.1 Å². The van der Waals surface area contributed by atoms with Crippen LogP contribution in [0.15, 0.2) is 12.1 Å². The Morgan fingerprint density at radius 2 is 1.47 bits per heavy atom. The van der Waals surface area contributed by atoms with Gasteiger partial charge in [-0.25, -0.2) is 0 Å². The molecule has 0 fully saturated rings. The minimum absolute atomic E-state index is 0. The lowest BCUT2D eigenvalue weighted by atomic mass is 10.3. The molecule has 0 saturated heterocycles. The summed E-state index contributed by atoms with van der Waals surface area (Å²) in [7, 11) is 2.80. The molecule has 1 rings (SSSR count). The first-order valence-corrected chi connectivity index (χ1v) is 7.66. The van der Waals surface area contributed by atoms with Gasteiger partial charge in [0.15, 0.2) is 0 Å². The van der Waals surface area contributed by atoms with Crippen LogP contribution >= 0.6 is 41.5 Å². The van der Waals surface area contributed by atoms with Crippen molar-refractivity contribution in [2.24, 2.45) is 0 Å². The summed E-state index contributed by atoms with van der Waals surface area (Å²) >= 11 is 22.5. The Kier molecular flexibility index (Phi) is 7.60. The van der Waals surface area contributed by atoms with E-state index in [9.17, 15) is 0 Å². The second-order valence-electron chi connectivity index (χ2n) is 2.60. The van der Waals surface area contributed by atoms with E-state index in [1.807, 2.05) is 0 Å². The van der Waals surface area contributed by atoms with E-state index >= 15 is 0 Å². The van der Waals surface area contributed by atoms with Gasteiger partial charge in [-0.2, -0.15) is 0 Å². The third-order valence-electron chi connectivity index (χ3n) is 1.63. The Balaban J connectivity index is 0.00000256. The zero-order valence-corrected chi connectivity index (χ0v) is 13.8. The van der Waals surface area contributed by atoms with E-state index in [4.69, 9.17) is 60.2 Å². The van der Waals surface area contributed by atoms with Gasteiger partial charge in [-0.05, 0) is 6.07 Å². The third-order valence-corrected chi connectivity index (χ3v) is 5.08. The average molecular weight is 350 g/mol. The van der Waals surface area contributed by atoms with E-state index in [0.717, 1.165) is 0 Å². The van der Waals surface area contributed by atoms with Crippen molar-refractivity contribution < 1.29 is 13.6 Å². The van der Waals surface area contributed by atoms with Gasteiger partial charge < -0.3 is 13.6 Å². The van der Waals surface area contributed by atoms with Crippen molar-refractivity contribution in [2.75, 3.05) is 14.2 Å². The van der Waals surface area contributed by atoms with Gasteiger partial charge in [0.2, 0.25) is 0 Å². The maximum atomic E-state index is 5.91. The van der Waals surface area contributed by atoms with Gasteiger partial charge in [0.05, 0.1) is 15.1 Å². The van der Waals surface area contributed by atoms with E-state index in [1.54, 1.807) is 0 Å². The average Bonchev–Trinajstić information content (AvgIpc) is 2.25. The van der Waals surface area contributed by atoms with Gasteiger partial charge in [0.25, 0.3) is 0 Å². The number of hydrogen-bond acceptors (Lipinski definition) is 4. The van der Waals surface area contributed by atoms with Crippen molar-refractivity contribution in [1.82, 2.24) is 0 Å². The van der Waals surface area contributed by atoms with Crippen molar-refractivity contribution in [3.05, 3.63) is 27.2 Å². The van der Waals surface area contributed by atoms with E-state index in [2.05, 4.69) is 0 Å². The van der Waals surface area contributed by atoms with E-state index in [1.165, 1.54) is 26.4 Å². The maximum Gasteiger partial charge on any atom is 0.380 e. The molecule has 0 aliphatic heterocycles. The molecule has 0 unspecified atom stereocenters. The quantitative estimate of drug-likeness (QED) is 0.463. The fourth-order valence-corrected chi connectivity index (χ4v) is 2.40. The van der Waals surface area contributed by atoms with Crippen molar-refractivity contribution >= 4 is 64.3 Å². The summed E-state index contributed by atoms with van der Waals surface area (Å²) < 4.78 is 15.3. The largest absolute Gasteiger partial charge is 0.422 e. The molecule has 1 aromatic rings. The molecule has 4 radical (unpaired) electrons. The zero-order chi connectivity index (χ0) is 12.3. The predicted molar refractivity (Wildman–Crippen MR) is 76.2 cm³/mol. The Bertz CT molecular complexity index is 438. The minimum Gasteiger partial charge on any atom is -0.422 e. The monoisotopic (exact) mass is 348 g/mol. The maximum absolute atomic E-state index is 5.91. The van der Waals surface area contributed by atoms with E-state index in [-0.39, 0.29) is 21.7 Å². The predicted octanol–water partition coefficient (Wildman–Crippen LogP) is 4.16. The normalized spacial score (nSPS) is 10.9. The summed E-state index contributed by atoms with van der Waals surface area (Å²) in [5.74, 6) is 0.281. The lowest BCUT2D eigenvalue weighted by molar-refractivity contribution is 0.273. The van der Waals surface area contributed by atoms with Crippen molar-refractivity contribution in [1.29, 1.82) is 0 Å². The van der Waals surface area contributed by atoms with Crippen molar-refractivity contribution in [3.63, 3.8) is 0 Å². The Hall–Kier alpha value is 0.677. The zero-order valence-electron chi connectivity index (χ0n) is 8.87. The van der Waals surface area contributed by atoms with Crippen LogP contribution in [0.25, 0.3) is 0 Å². The molecule has 0 bridgehead atoms. The van der Waals surface area contributed by atoms with E-state index < -0.39 is 6.72 Å². The second kappa shape index (κ2) is 7.31. The number of rotatable bonds is 4. The smallest absolute Gasteiger partial charge is 0.380 e.